The van der Waals surface area contributed by atoms with Crippen LogP contribution in [-0.4, -0.2) is 70.0 Å². The summed E-state index contributed by atoms with van der Waals surface area (Å²) in [6.45, 7) is 4.89. The standard InChI is InChI=1S/C23H25FN4O6/c1-4-22(26-31-3)33-14-18-13-28(23(30)34-18)17-6-7-19(20(24)11-17)16-5-8-21(25-12-16)27(2)9-10-32-15-29/h4-8,11-12,15,18H,1,9-10,13-14H2,2-3H3/b26-22+/t18-/m1/s1. The summed E-state index contributed by atoms with van der Waals surface area (Å²) in [4.78, 5) is 34.7. The highest BCUT2D eigenvalue weighted by atomic mass is 19.1. The lowest BCUT2D eigenvalue weighted by Crippen LogP contribution is -2.26. The number of hydrogen-bond acceptors (Lipinski definition) is 9. The van der Waals surface area contributed by atoms with Gasteiger partial charge in [-0.15, -0.1) is 0 Å². The molecule has 0 radical (unpaired) electrons. The van der Waals surface area contributed by atoms with E-state index in [1.54, 1.807) is 30.5 Å². The van der Waals surface area contributed by atoms with Gasteiger partial charge in [0.2, 0.25) is 5.90 Å². The minimum atomic E-state index is -0.600. The van der Waals surface area contributed by atoms with Crippen LogP contribution < -0.4 is 9.80 Å². The molecule has 1 aliphatic heterocycles. The Morgan fingerprint density at radius 1 is 1.41 bits per heavy atom. The van der Waals surface area contributed by atoms with Crippen molar-refractivity contribution in [3.05, 3.63) is 55.0 Å². The molecular weight excluding hydrogens is 447 g/mol. The maximum absolute atomic E-state index is 14.9. The van der Waals surface area contributed by atoms with Gasteiger partial charge < -0.3 is 23.9 Å². The fraction of sp³-hybridized carbons (Fsp3) is 0.304. The van der Waals surface area contributed by atoms with Gasteiger partial charge in [-0.3, -0.25) is 9.69 Å². The lowest BCUT2D eigenvalue weighted by molar-refractivity contribution is -0.128. The first-order valence-corrected chi connectivity index (χ1v) is 10.3. The third-order valence-electron chi connectivity index (χ3n) is 4.97. The van der Waals surface area contributed by atoms with E-state index < -0.39 is 18.0 Å². The number of pyridine rings is 1. The van der Waals surface area contributed by atoms with Crippen molar-refractivity contribution in [1.29, 1.82) is 0 Å². The number of ether oxygens (including phenoxy) is 3. The summed E-state index contributed by atoms with van der Waals surface area (Å²) in [6, 6.07) is 7.99. The summed E-state index contributed by atoms with van der Waals surface area (Å²) in [5.41, 5.74) is 1.28. The van der Waals surface area contributed by atoms with Gasteiger partial charge in [0.1, 0.15) is 32.0 Å². The fourth-order valence-corrected chi connectivity index (χ4v) is 3.24. The van der Waals surface area contributed by atoms with Crippen LogP contribution in [0.5, 0.6) is 0 Å². The monoisotopic (exact) mass is 472 g/mol. The van der Waals surface area contributed by atoms with E-state index in [1.807, 2.05) is 11.9 Å². The fourth-order valence-electron chi connectivity index (χ4n) is 3.24. The second-order valence-electron chi connectivity index (χ2n) is 7.20. The van der Waals surface area contributed by atoms with Gasteiger partial charge in [-0.2, -0.15) is 0 Å². The number of aromatic nitrogens is 1. The van der Waals surface area contributed by atoms with Gasteiger partial charge in [0.05, 0.1) is 18.8 Å². The van der Waals surface area contributed by atoms with E-state index in [9.17, 15) is 14.0 Å². The number of oxime groups is 1. The molecule has 34 heavy (non-hydrogen) atoms. The van der Waals surface area contributed by atoms with Crippen LogP contribution in [0.25, 0.3) is 11.1 Å². The molecule has 1 fully saturated rings. The Labute approximate surface area is 196 Å². The van der Waals surface area contributed by atoms with Gasteiger partial charge in [-0.1, -0.05) is 6.58 Å². The van der Waals surface area contributed by atoms with Crippen LogP contribution in [0.15, 0.2) is 54.3 Å². The van der Waals surface area contributed by atoms with Crippen molar-refractivity contribution in [2.75, 3.05) is 50.3 Å². The van der Waals surface area contributed by atoms with E-state index in [4.69, 9.17) is 9.47 Å². The van der Waals surface area contributed by atoms with Crippen LogP contribution >= 0.6 is 0 Å². The lowest BCUT2D eigenvalue weighted by Gasteiger charge is -2.18. The summed E-state index contributed by atoms with van der Waals surface area (Å²) in [7, 11) is 3.18. The number of rotatable bonds is 11. The molecule has 11 heteroatoms. The molecule has 0 unspecified atom stereocenters. The number of carbonyl (C=O) groups is 2. The zero-order valence-corrected chi connectivity index (χ0v) is 18.8. The SMILES string of the molecule is C=C/C(=N\OC)OC[C@H]1CN(c2ccc(-c3ccc(N(C)CCOC=O)nc3)c(F)c2)C(=O)O1. The van der Waals surface area contributed by atoms with Gasteiger partial charge in [0, 0.05) is 24.4 Å². The Balaban J connectivity index is 1.65. The Morgan fingerprint density at radius 2 is 2.24 bits per heavy atom. The van der Waals surface area contributed by atoms with Crippen molar-refractivity contribution in [2.24, 2.45) is 5.16 Å². The summed E-state index contributed by atoms with van der Waals surface area (Å²) in [6.07, 6.45) is 1.76. The Morgan fingerprint density at radius 3 is 2.88 bits per heavy atom. The van der Waals surface area contributed by atoms with Crippen molar-refractivity contribution in [2.45, 2.75) is 6.10 Å². The van der Waals surface area contributed by atoms with Crippen LogP contribution in [0.1, 0.15) is 0 Å². The molecule has 0 N–H and O–H groups in total. The van der Waals surface area contributed by atoms with Crippen LogP contribution in [0.4, 0.5) is 20.7 Å². The summed E-state index contributed by atoms with van der Waals surface area (Å²) in [5, 5.41) is 3.63. The van der Waals surface area contributed by atoms with E-state index in [1.165, 1.54) is 24.2 Å². The zero-order chi connectivity index (χ0) is 24.5. The second-order valence-corrected chi connectivity index (χ2v) is 7.20. The van der Waals surface area contributed by atoms with Gasteiger partial charge in [-0.05, 0) is 41.6 Å². The Kier molecular flexibility index (Phi) is 8.38. The van der Waals surface area contributed by atoms with Crippen molar-refractivity contribution < 1.29 is 33.0 Å². The minimum absolute atomic E-state index is 0.0464. The molecule has 1 saturated heterocycles. The molecule has 180 valence electrons. The second kappa shape index (κ2) is 11.6. The minimum Gasteiger partial charge on any atom is -0.472 e. The molecule has 1 aromatic heterocycles. The molecule has 2 heterocycles. The van der Waals surface area contributed by atoms with E-state index >= 15 is 0 Å². The van der Waals surface area contributed by atoms with Gasteiger partial charge in [-0.25, -0.2) is 14.2 Å². The Bertz CT molecular complexity index is 1050. The van der Waals surface area contributed by atoms with Crippen LogP contribution in [-0.2, 0) is 23.8 Å². The molecule has 3 rings (SSSR count). The van der Waals surface area contributed by atoms with Crippen molar-refractivity contribution in [3.8, 4) is 11.1 Å². The van der Waals surface area contributed by atoms with Crippen LogP contribution in [0.2, 0.25) is 0 Å². The zero-order valence-electron chi connectivity index (χ0n) is 18.8. The normalized spacial score (nSPS) is 15.5. The largest absolute Gasteiger partial charge is 0.472 e. The highest BCUT2D eigenvalue weighted by Crippen LogP contribution is 2.29. The molecule has 1 amide bonds. The smallest absolute Gasteiger partial charge is 0.414 e. The predicted molar refractivity (Wildman–Crippen MR) is 123 cm³/mol. The number of benzene rings is 1. The van der Waals surface area contributed by atoms with Gasteiger partial charge >= 0.3 is 6.09 Å². The molecule has 1 aromatic carbocycles. The van der Waals surface area contributed by atoms with Crippen LogP contribution in [0.3, 0.4) is 0 Å². The van der Waals surface area contributed by atoms with Crippen molar-refractivity contribution in [1.82, 2.24) is 4.98 Å². The van der Waals surface area contributed by atoms with Crippen LogP contribution in [0, 0.1) is 5.82 Å². The van der Waals surface area contributed by atoms with E-state index in [0.717, 1.165) is 0 Å². The number of nitrogens with zero attached hydrogens (tertiary/aromatic N) is 4. The summed E-state index contributed by atoms with van der Waals surface area (Å²) in [5.74, 6) is 0.305. The van der Waals surface area contributed by atoms with Crippen molar-refractivity contribution in [3.63, 3.8) is 0 Å². The molecule has 0 aliphatic carbocycles. The maximum Gasteiger partial charge on any atom is 0.414 e. The Hall–Kier alpha value is -4.15. The first-order valence-electron chi connectivity index (χ1n) is 10.3. The van der Waals surface area contributed by atoms with Gasteiger partial charge in [0.25, 0.3) is 6.47 Å². The average molecular weight is 472 g/mol. The topological polar surface area (TPSA) is 103 Å². The molecule has 0 bridgehead atoms. The first-order chi connectivity index (χ1) is 16.5. The van der Waals surface area contributed by atoms with E-state index in [0.29, 0.717) is 35.6 Å². The predicted octanol–water partition coefficient (Wildman–Crippen LogP) is 2.98. The average Bonchev–Trinajstić information content (AvgIpc) is 3.22. The third kappa shape index (κ3) is 6.00. The first kappa shape index (κ1) is 24.5. The summed E-state index contributed by atoms with van der Waals surface area (Å²) >= 11 is 0. The molecule has 0 spiro atoms. The quantitative estimate of drug-likeness (QED) is 0.162. The number of amides is 1. The van der Waals surface area contributed by atoms with Crippen molar-refractivity contribution >= 4 is 30.0 Å². The van der Waals surface area contributed by atoms with E-state index in [2.05, 4.69) is 26.3 Å². The molecule has 2 aromatic rings. The number of likely N-dealkylation sites (N-methyl/N-ethyl adjacent to an activating group) is 1. The molecular formula is C23H25FN4O6. The molecule has 0 saturated carbocycles. The lowest BCUT2D eigenvalue weighted by atomic mass is 10.1. The number of anilines is 2. The number of cyclic esters (lactones) is 1. The summed E-state index contributed by atoms with van der Waals surface area (Å²) < 4.78 is 30.3. The van der Waals surface area contributed by atoms with Gasteiger partial charge in [0.15, 0.2) is 6.10 Å². The highest BCUT2D eigenvalue weighted by Gasteiger charge is 2.33. The third-order valence-corrected chi connectivity index (χ3v) is 4.97. The molecule has 1 atom stereocenters. The molecule has 10 nitrogen and oxygen atoms in total. The highest BCUT2D eigenvalue weighted by molar-refractivity contribution is 5.90. The number of hydrogen-bond donors (Lipinski definition) is 0. The van der Waals surface area contributed by atoms with E-state index in [-0.39, 0.29) is 25.7 Å². The maximum atomic E-state index is 14.9. The molecule has 1 aliphatic rings. The number of carbonyl (C=O) groups excluding carboxylic acids is 2. The number of halogens is 1.